The maximum atomic E-state index is 9.94. The van der Waals surface area contributed by atoms with Crippen molar-refractivity contribution in [2.45, 2.75) is 12.5 Å². The molecule has 0 aliphatic heterocycles. The quantitative estimate of drug-likeness (QED) is 0.412. The first-order valence-corrected chi connectivity index (χ1v) is 2.92. The molecule has 0 saturated heterocycles. The molecule has 5 nitrogen and oxygen atoms in total. The number of carboxylic acid groups (broad SMARTS) is 1. The van der Waals surface area contributed by atoms with Crippen LogP contribution in [0.3, 0.4) is 0 Å². The van der Waals surface area contributed by atoms with Gasteiger partial charge in [0.1, 0.15) is 0 Å². The van der Waals surface area contributed by atoms with Crippen molar-refractivity contribution in [1.29, 1.82) is 0 Å². The summed E-state index contributed by atoms with van der Waals surface area (Å²) in [5.74, 6) is 0. The maximum absolute atomic E-state index is 9.94. The van der Waals surface area contributed by atoms with E-state index < -0.39 is 12.1 Å². The summed E-state index contributed by atoms with van der Waals surface area (Å²) in [7, 11) is 0. The highest BCUT2D eigenvalue weighted by Gasteiger charge is 2.07. The van der Waals surface area contributed by atoms with Crippen LogP contribution in [0.1, 0.15) is 6.42 Å². The van der Waals surface area contributed by atoms with E-state index in [9.17, 15) is 4.79 Å². The molecule has 0 saturated carbocycles. The summed E-state index contributed by atoms with van der Waals surface area (Å²) in [6.07, 6.45) is -0.949. The van der Waals surface area contributed by atoms with Crippen molar-refractivity contribution in [1.82, 2.24) is 5.32 Å². The SMILES string of the molecule is O=C(O)N[C@H](CO)CCO. The molecule has 0 radical (unpaired) electrons. The molecule has 0 aliphatic carbocycles. The molecule has 0 aromatic carbocycles. The van der Waals surface area contributed by atoms with E-state index in [1.807, 2.05) is 5.32 Å². The van der Waals surface area contributed by atoms with E-state index in [4.69, 9.17) is 15.3 Å². The van der Waals surface area contributed by atoms with Crippen LogP contribution in [-0.4, -0.2) is 40.7 Å². The lowest BCUT2D eigenvalue weighted by Gasteiger charge is -2.11. The lowest BCUT2D eigenvalue weighted by atomic mass is 10.2. The van der Waals surface area contributed by atoms with E-state index in [1.165, 1.54) is 0 Å². The highest BCUT2D eigenvalue weighted by atomic mass is 16.4. The van der Waals surface area contributed by atoms with Crippen LogP contribution in [0.2, 0.25) is 0 Å². The number of hydrogen-bond acceptors (Lipinski definition) is 3. The highest BCUT2D eigenvalue weighted by Crippen LogP contribution is 1.87. The van der Waals surface area contributed by atoms with Crippen molar-refractivity contribution < 1.29 is 20.1 Å². The first-order chi connectivity index (χ1) is 4.70. The topological polar surface area (TPSA) is 89.8 Å². The molecule has 4 N–H and O–H groups in total. The normalized spacial score (nSPS) is 12.6. The Kier molecular flexibility index (Phi) is 4.61. The number of aliphatic hydroxyl groups is 2. The van der Waals surface area contributed by atoms with E-state index in [0.717, 1.165) is 0 Å². The molecule has 0 aromatic rings. The zero-order valence-electron chi connectivity index (χ0n) is 5.45. The fourth-order valence-corrected chi connectivity index (χ4v) is 0.540. The third kappa shape index (κ3) is 4.11. The van der Waals surface area contributed by atoms with Crippen LogP contribution in [-0.2, 0) is 0 Å². The molecule has 60 valence electrons. The molecular formula is C5H11NO4. The van der Waals surface area contributed by atoms with Gasteiger partial charge in [-0.25, -0.2) is 4.79 Å². The van der Waals surface area contributed by atoms with Gasteiger partial charge in [0.25, 0.3) is 0 Å². The van der Waals surface area contributed by atoms with E-state index in [2.05, 4.69) is 0 Å². The summed E-state index contributed by atoms with van der Waals surface area (Å²) in [4.78, 5) is 9.94. The molecule has 0 aliphatic rings. The number of rotatable bonds is 4. The molecule has 10 heavy (non-hydrogen) atoms. The van der Waals surface area contributed by atoms with Gasteiger partial charge < -0.3 is 20.6 Å². The minimum Gasteiger partial charge on any atom is -0.465 e. The molecule has 5 heteroatoms. The van der Waals surface area contributed by atoms with E-state index in [0.29, 0.717) is 0 Å². The van der Waals surface area contributed by atoms with Gasteiger partial charge in [0.05, 0.1) is 12.6 Å². The molecule has 0 heterocycles. The van der Waals surface area contributed by atoms with Gasteiger partial charge in [-0.05, 0) is 6.42 Å². The van der Waals surface area contributed by atoms with Crippen molar-refractivity contribution in [3.05, 3.63) is 0 Å². The lowest BCUT2D eigenvalue weighted by Crippen LogP contribution is -2.37. The predicted molar refractivity (Wildman–Crippen MR) is 33.7 cm³/mol. The van der Waals surface area contributed by atoms with Crippen LogP contribution in [0.5, 0.6) is 0 Å². The largest absolute Gasteiger partial charge is 0.465 e. The first kappa shape index (κ1) is 9.19. The summed E-state index contributed by atoms with van der Waals surface area (Å²) in [5, 5.41) is 27.0. The van der Waals surface area contributed by atoms with Crippen molar-refractivity contribution in [3.8, 4) is 0 Å². The lowest BCUT2D eigenvalue weighted by molar-refractivity contribution is 0.166. The number of aliphatic hydroxyl groups excluding tert-OH is 2. The molecule has 0 bridgehead atoms. The summed E-state index contributed by atoms with van der Waals surface area (Å²) in [6.45, 7) is -0.418. The Morgan fingerprint density at radius 3 is 2.40 bits per heavy atom. The highest BCUT2D eigenvalue weighted by molar-refractivity contribution is 5.64. The van der Waals surface area contributed by atoms with Crippen LogP contribution < -0.4 is 5.32 Å². The van der Waals surface area contributed by atoms with Crippen molar-refractivity contribution in [2.24, 2.45) is 0 Å². The Labute approximate surface area is 58.3 Å². The predicted octanol–water partition coefficient (Wildman–Crippen LogP) is -1.00. The molecule has 1 amide bonds. The van der Waals surface area contributed by atoms with Gasteiger partial charge in [-0.3, -0.25) is 0 Å². The fourth-order valence-electron chi connectivity index (χ4n) is 0.540. The Balaban J connectivity index is 3.49. The van der Waals surface area contributed by atoms with Crippen molar-refractivity contribution in [3.63, 3.8) is 0 Å². The Morgan fingerprint density at radius 1 is 1.50 bits per heavy atom. The van der Waals surface area contributed by atoms with E-state index in [-0.39, 0.29) is 19.6 Å². The standard InChI is InChI=1S/C5H11NO4/c7-2-1-4(3-8)6-5(9)10/h4,6-8H,1-3H2,(H,9,10)/t4-/m0/s1. The van der Waals surface area contributed by atoms with Gasteiger partial charge in [-0.2, -0.15) is 0 Å². The summed E-state index contributed by atoms with van der Waals surface area (Å²) in [6, 6.07) is -0.553. The monoisotopic (exact) mass is 149 g/mol. The van der Waals surface area contributed by atoms with Gasteiger partial charge in [-0.15, -0.1) is 0 Å². The zero-order chi connectivity index (χ0) is 7.98. The molecular weight excluding hydrogens is 138 g/mol. The van der Waals surface area contributed by atoms with Crippen LogP contribution in [0.15, 0.2) is 0 Å². The van der Waals surface area contributed by atoms with Crippen LogP contribution >= 0.6 is 0 Å². The van der Waals surface area contributed by atoms with E-state index in [1.54, 1.807) is 0 Å². The second kappa shape index (κ2) is 5.01. The minimum atomic E-state index is -1.19. The van der Waals surface area contributed by atoms with Crippen molar-refractivity contribution >= 4 is 6.09 Å². The van der Waals surface area contributed by atoms with Gasteiger partial charge in [-0.1, -0.05) is 0 Å². The third-order valence-electron chi connectivity index (χ3n) is 1.03. The molecule has 1 atom stereocenters. The summed E-state index contributed by atoms with van der Waals surface area (Å²) < 4.78 is 0. The Bertz CT molecular complexity index is 106. The third-order valence-corrected chi connectivity index (χ3v) is 1.03. The molecule has 0 fully saturated rings. The zero-order valence-corrected chi connectivity index (χ0v) is 5.45. The van der Waals surface area contributed by atoms with Crippen molar-refractivity contribution in [2.75, 3.05) is 13.2 Å². The average Bonchev–Trinajstić information content (AvgIpc) is 1.86. The average molecular weight is 149 g/mol. The number of hydrogen-bond donors (Lipinski definition) is 4. The first-order valence-electron chi connectivity index (χ1n) is 2.92. The minimum absolute atomic E-state index is 0.133. The van der Waals surface area contributed by atoms with E-state index >= 15 is 0 Å². The van der Waals surface area contributed by atoms with Crippen LogP contribution in [0.4, 0.5) is 4.79 Å². The summed E-state index contributed by atoms with van der Waals surface area (Å²) in [5.41, 5.74) is 0. The Morgan fingerprint density at radius 2 is 2.10 bits per heavy atom. The molecule has 0 aromatic heterocycles. The van der Waals surface area contributed by atoms with Gasteiger partial charge in [0.2, 0.25) is 0 Å². The van der Waals surface area contributed by atoms with Crippen LogP contribution in [0.25, 0.3) is 0 Å². The van der Waals surface area contributed by atoms with Gasteiger partial charge >= 0.3 is 6.09 Å². The summed E-state index contributed by atoms with van der Waals surface area (Å²) >= 11 is 0. The number of nitrogens with one attached hydrogen (secondary N) is 1. The number of carbonyl (C=O) groups is 1. The van der Waals surface area contributed by atoms with Crippen LogP contribution in [0, 0.1) is 0 Å². The fraction of sp³-hybridized carbons (Fsp3) is 0.800. The number of amides is 1. The molecule has 0 rings (SSSR count). The van der Waals surface area contributed by atoms with Gasteiger partial charge in [0.15, 0.2) is 0 Å². The maximum Gasteiger partial charge on any atom is 0.404 e. The molecule has 0 spiro atoms. The Hall–Kier alpha value is -0.810. The smallest absolute Gasteiger partial charge is 0.404 e. The van der Waals surface area contributed by atoms with Gasteiger partial charge in [0, 0.05) is 6.61 Å². The second-order valence-electron chi connectivity index (χ2n) is 1.84. The molecule has 0 unspecified atom stereocenters. The second-order valence-corrected chi connectivity index (χ2v) is 1.84.